The number of nitrogens with one attached hydrogen (secondary N) is 2. The summed E-state index contributed by atoms with van der Waals surface area (Å²) >= 11 is 0. The molecule has 0 aliphatic carbocycles. The lowest BCUT2D eigenvalue weighted by Crippen LogP contribution is -2.44. The molecule has 196 valence electrons. The summed E-state index contributed by atoms with van der Waals surface area (Å²) in [7, 11) is 4.22. The van der Waals surface area contributed by atoms with Crippen LogP contribution in [0.4, 0.5) is 0 Å². The summed E-state index contributed by atoms with van der Waals surface area (Å²) in [5.41, 5.74) is 0. The third-order valence-corrected chi connectivity index (χ3v) is 6.59. The minimum absolute atomic E-state index is 0.142. The molecule has 0 saturated carbocycles. The van der Waals surface area contributed by atoms with Gasteiger partial charge in [-0.2, -0.15) is 0 Å². The number of unbranched alkanes of at least 4 members (excludes halogenated alkanes) is 14. The van der Waals surface area contributed by atoms with Crippen molar-refractivity contribution >= 4 is 11.8 Å². The van der Waals surface area contributed by atoms with Crippen LogP contribution in [0.5, 0.6) is 0 Å². The van der Waals surface area contributed by atoms with Crippen molar-refractivity contribution in [2.24, 2.45) is 0 Å². The Hall–Kier alpha value is -1.10. The third-order valence-electron chi connectivity index (χ3n) is 6.59. The monoisotopic (exact) mass is 468 g/mol. The minimum atomic E-state index is 0.142. The Morgan fingerprint density at radius 1 is 0.515 bits per heavy atom. The van der Waals surface area contributed by atoms with E-state index in [2.05, 4.69) is 38.6 Å². The average molecular weight is 469 g/mol. The van der Waals surface area contributed by atoms with Crippen LogP contribution in [0.25, 0.3) is 0 Å². The van der Waals surface area contributed by atoms with Gasteiger partial charge in [-0.15, -0.1) is 0 Å². The maximum Gasteiger partial charge on any atom is 0.225 e. The van der Waals surface area contributed by atoms with E-state index in [0.717, 1.165) is 39.0 Å². The summed E-state index contributed by atoms with van der Waals surface area (Å²) in [5, 5.41) is 6.12. The Labute approximate surface area is 206 Å². The second kappa shape index (κ2) is 22.7. The van der Waals surface area contributed by atoms with Crippen molar-refractivity contribution in [1.29, 1.82) is 0 Å². The van der Waals surface area contributed by atoms with Crippen LogP contribution in [-0.2, 0) is 9.59 Å². The van der Waals surface area contributed by atoms with Gasteiger partial charge in [-0.1, -0.05) is 104 Å². The zero-order valence-corrected chi connectivity index (χ0v) is 22.8. The second-order valence-corrected chi connectivity index (χ2v) is 10.5. The molecule has 0 saturated heterocycles. The zero-order chi connectivity index (χ0) is 24.6. The molecule has 0 aliphatic heterocycles. The van der Waals surface area contributed by atoms with E-state index in [4.69, 9.17) is 0 Å². The fraction of sp³-hybridized carbons (Fsp3) is 0.929. The van der Waals surface area contributed by atoms with Crippen LogP contribution >= 0.6 is 0 Å². The number of carbonyl (C=O) groups excluding carboxylic acids is 2. The lowest BCUT2D eigenvalue weighted by molar-refractivity contribution is -0.889. The molecule has 5 heteroatoms. The first-order valence-electron chi connectivity index (χ1n) is 14.3. The molecule has 2 N–H and O–H groups in total. The molecular formula is C28H58N3O2+. The average Bonchev–Trinajstić information content (AvgIpc) is 2.79. The largest absolute Gasteiger partial charge is 0.356 e. The van der Waals surface area contributed by atoms with E-state index < -0.39 is 0 Å². The predicted molar refractivity (Wildman–Crippen MR) is 142 cm³/mol. The molecule has 5 nitrogen and oxygen atoms in total. The molecule has 0 unspecified atom stereocenters. The first kappa shape index (κ1) is 31.9. The Bertz CT molecular complexity index is 426. The highest BCUT2D eigenvalue weighted by atomic mass is 16.2. The summed E-state index contributed by atoms with van der Waals surface area (Å²) < 4.78 is 0.705. The van der Waals surface area contributed by atoms with E-state index in [-0.39, 0.29) is 11.8 Å². The standard InChI is InChI=1S/C28H57N3O2/c1-5-7-9-11-13-15-17-19-23-29-27(32)21-25-31(3,4)26-22-28(33)30-24-20-18-16-14-12-10-8-6-2/h5-26H2,1-4H3,(H-,29,30,32,33)/p+1. The van der Waals surface area contributed by atoms with E-state index in [1.165, 1.54) is 89.9 Å². The molecule has 0 heterocycles. The van der Waals surface area contributed by atoms with Gasteiger partial charge in [0.25, 0.3) is 0 Å². The lowest BCUT2D eigenvalue weighted by atomic mass is 10.1. The van der Waals surface area contributed by atoms with Crippen LogP contribution < -0.4 is 10.6 Å². The van der Waals surface area contributed by atoms with Gasteiger partial charge < -0.3 is 15.1 Å². The Morgan fingerprint density at radius 2 is 0.818 bits per heavy atom. The van der Waals surface area contributed by atoms with Gasteiger partial charge in [-0.05, 0) is 12.8 Å². The van der Waals surface area contributed by atoms with Crippen molar-refractivity contribution in [1.82, 2.24) is 10.6 Å². The van der Waals surface area contributed by atoms with Crippen LogP contribution in [0, 0.1) is 0 Å². The van der Waals surface area contributed by atoms with Gasteiger partial charge in [0.1, 0.15) is 0 Å². The van der Waals surface area contributed by atoms with Crippen molar-refractivity contribution in [3.05, 3.63) is 0 Å². The van der Waals surface area contributed by atoms with Crippen LogP contribution in [0.1, 0.15) is 129 Å². The van der Waals surface area contributed by atoms with Gasteiger partial charge in [-0.25, -0.2) is 0 Å². The summed E-state index contributed by atoms with van der Waals surface area (Å²) in [4.78, 5) is 24.3. The summed E-state index contributed by atoms with van der Waals surface area (Å²) in [6, 6.07) is 0. The number of hydrogen-bond donors (Lipinski definition) is 2. The molecule has 0 aromatic rings. The van der Waals surface area contributed by atoms with Crippen molar-refractivity contribution in [2.45, 2.75) is 129 Å². The first-order chi connectivity index (χ1) is 15.9. The molecule has 0 rings (SSSR count). The molecule has 0 radical (unpaired) electrons. The fourth-order valence-corrected chi connectivity index (χ4v) is 4.07. The van der Waals surface area contributed by atoms with Crippen molar-refractivity contribution in [2.75, 3.05) is 40.3 Å². The zero-order valence-electron chi connectivity index (χ0n) is 22.8. The quantitative estimate of drug-likeness (QED) is 0.128. The van der Waals surface area contributed by atoms with E-state index in [1.807, 2.05) is 0 Å². The van der Waals surface area contributed by atoms with Gasteiger partial charge in [0.2, 0.25) is 11.8 Å². The van der Waals surface area contributed by atoms with Crippen LogP contribution in [0.2, 0.25) is 0 Å². The smallest absolute Gasteiger partial charge is 0.225 e. The molecule has 0 aromatic heterocycles. The molecular weight excluding hydrogens is 410 g/mol. The molecule has 0 fully saturated rings. The second-order valence-electron chi connectivity index (χ2n) is 10.5. The number of quaternary nitrogens is 1. The van der Waals surface area contributed by atoms with Gasteiger partial charge >= 0.3 is 0 Å². The third kappa shape index (κ3) is 23.8. The number of hydrogen-bond acceptors (Lipinski definition) is 2. The Morgan fingerprint density at radius 3 is 1.15 bits per heavy atom. The molecule has 33 heavy (non-hydrogen) atoms. The van der Waals surface area contributed by atoms with Gasteiger partial charge in [0.05, 0.1) is 40.0 Å². The Balaban J connectivity index is 3.62. The fourth-order valence-electron chi connectivity index (χ4n) is 4.07. The minimum Gasteiger partial charge on any atom is -0.356 e. The number of amides is 2. The van der Waals surface area contributed by atoms with E-state index in [1.54, 1.807) is 0 Å². The van der Waals surface area contributed by atoms with Gasteiger partial charge in [-0.3, -0.25) is 9.59 Å². The highest BCUT2D eigenvalue weighted by Gasteiger charge is 2.18. The van der Waals surface area contributed by atoms with Crippen LogP contribution in [0.3, 0.4) is 0 Å². The van der Waals surface area contributed by atoms with Gasteiger partial charge in [0, 0.05) is 13.1 Å². The topological polar surface area (TPSA) is 58.2 Å². The van der Waals surface area contributed by atoms with E-state index >= 15 is 0 Å². The molecule has 0 spiro atoms. The van der Waals surface area contributed by atoms with Gasteiger partial charge in [0.15, 0.2) is 0 Å². The summed E-state index contributed by atoms with van der Waals surface area (Å²) in [5.74, 6) is 0.284. The lowest BCUT2D eigenvalue weighted by Gasteiger charge is -2.29. The van der Waals surface area contributed by atoms with Crippen LogP contribution in [-0.4, -0.2) is 56.6 Å². The summed E-state index contributed by atoms with van der Waals surface area (Å²) in [6.45, 7) is 7.63. The van der Waals surface area contributed by atoms with Crippen molar-refractivity contribution < 1.29 is 14.1 Å². The molecule has 2 amide bonds. The number of rotatable bonds is 24. The summed E-state index contributed by atoms with van der Waals surface area (Å²) in [6.07, 6.45) is 21.6. The van der Waals surface area contributed by atoms with Crippen LogP contribution in [0.15, 0.2) is 0 Å². The van der Waals surface area contributed by atoms with Crippen molar-refractivity contribution in [3.63, 3.8) is 0 Å². The molecule has 0 aliphatic rings. The molecule has 0 aromatic carbocycles. The SMILES string of the molecule is CCCCCCCCCCNC(=O)CC[N+](C)(C)CCC(=O)NCCCCCCCCCC. The Kier molecular flexibility index (Phi) is 21.9. The van der Waals surface area contributed by atoms with Crippen molar-refractivity contribution in [3.8, 4) is 0 Å². The first-order valence-corrected chi connectivity index (χ1v) is 14.3. The predicted octanol–water partition coefficient (Wildman–Crippen LogP) is 6.36. The van der Waals surface area contributed by atoms with E-state index in [9.17, 15) is 9.59 Å². The maximum absolute atomic E-state index is 12.1. The molecule has 0 atom stereocenters. The molecule has 0 bridgehead atoms. The maximum atomic E-state index is 12.1. The number of nitrogens with zero attached hydrogens (tertiary/aromatic N) is 1. The normalized spacial score (nSPS) is 11.5. The highest BCUT2D eigenvalue weighted by molar-refractivity contribution is 5.76. The highest BCUT2D eigenvalue weighted by Crippen LogP contribution is 2.09. The number of carbonyl (C=O) groups is 2. The van der Waals surface area contributed by atoms with E-state index in [0.29, 0.717) is 17.3 Å².